The van der Waals surface area contributed by atoms with Gasteiger partial charge in [0.1, 0.15) is 11.4 Å². The summed E-state index contributed by atoms with van der Waals surface area (Å²) >= 11 is 0. The number of benzene rings is 1. The summed E-state index contributed by atoms with van der Waals surface area (Å²) in [6.45, 7) is 1.97. The van der Waals surface area contributed by atoms with Gasteiger partial charge in [0.15, 0.2) is 0 Å². The minimum absolute atomic E-state index is 0.0305. The van der Waals surface area contributed by atoms with Crippen molar-refractivity contribution in [2.45, 2.75) is 13.0 Å². The van der Waals surface area contributed by atoms with E-state index in [-0.39, 0.29) is 6.04 Å². The number of methoxy groups -OCH3 is 1. The lowest BCUT2D eigenvalue weighted by Crippen LogP contribution is -2.12. The van der Waals surface area contributed by atoms with Gasteiger partial charge in [-0.2, -0.15) is 0 Å². The first-order valence-corrected chi connectivity index (χ1v) is 5.67. The lowest BCUT2D eigenvalue weighted by Gasteiger charge is -2.16. The molecular formula is C14H15NO3. The molecule has 2 rings (SSSR count). The van der Waals surface area contributed by atoms with Crippen molar-refractivity contribution in [3.05, 3.63) is 53.9 Å². The number of carboxylic acid groups (broad SMARTS) is 1. The fourth-order valence-electron chi connectivity index (χ4n) is 1.96. The zero-order chi connectivity index (χ0) is 13.1. The zero-order valence-corrected chi connectivity index (χ0v) is 10.3. The second kappa shape index (κ2) is 4.96. The summed E-state index contributed by atoms with van der Waals surface area (Å²) in [7, 11) is 1.62. The highest BCUT2D eigenvalue weighted by atomic mass is 16.5. The van der Waals surface area contributed by atoms with E-state index in [1.54, 1.807) is 30.0 Å². The van der Waals surface area contributed by atoms with Gasteiger partial charge in [0.05, 0.1) is 13.2 Å². The largest absolute Gasteiger partial charge is 0.497 e. The van der Waals surface area contributed by atoms with Gasteiger partial charge in [-0.15, -0.1) is 0 Å². The van der Waals surface area contributed by atoms with E-state index in [9.17, 15) is 4.79 Å². The van der Waals surface area contributed by atoms with Crippen LogP contribution in [-0.2, 0) is 0 Å². The molecule has 1 unspecified atom stereocenters. The minimum atomic E-state index is -0.916. The van der Waals surface area contributed by atoms with E-state index < -0.39 is 5.97 Å². The van der Waals surface area contributed by atoms with Crippen LogP contribution >= 0.6 is 0 Å². The Hall–Kier alpha value is -2.23. The molecule has 4 nitrogen and oxygen atoms in total. The van der Waals surface area contributed by atoms with Crippen LogP contribution in [0.4, 0.5) is 0 Å². The second-order valence-electron chi connectivity index (χ2n) is 4.05. The topological polar surface area (TPSA) is 51.5 Å². The first-order chi connectivity index (χ1) is 8.63. The van der Waals surface area contributed by atoms with Crippen LogP contribution in [0.2, 0.25) is 0 Å². The fraction of sp³-hybridized carbons (Fsp3) is 0.214. The van der Waals surface area contributed by atoms with E-state index in [1.807, 2.05) is 31.2 Å². The van der Waals surface area contributed by atoms with Gasteiger partial charge < -0.3 is 14.4 Å². The number of hydrogen-bond acceptors (Lipinski definition) is 2. The number of aromatic nitrogens is 1. The van der Waals surface area contributed by atoms with Crippen LogP contribution in [0.25, 0.3) is 0 Å². The van der Waals surface area contributed by atoms with E-state index in [0.717, 1.165) is 11.3 Å². The molecule has 1 aromatic heterocycles. The molecular weight excluding hydrogens is 230 g/mol. The first-order valence-electron chi connectivity index (χ1n) is 5.67. The van der Waals surface area contributed by atoms with E-state index >= 15 is 0 Å². The molecule has 0 bridgehead atoms. The average Bonchev–Trinajstić information content (AvgIpc) is 2.87. The number of carboxylic acids is 1. The minimum Gasteiger partial charge on any atom is -0.497 e. The maximum atomic E-state index is 11.1. The predicted molar refractivity (Wildman–Crippen MR) is 68.2 cm³/mol. The van der Waals surface area contributed by atoms with Crippen LogP contribution in [0.1, 0.15) is 29.0 Å². The number of nitrogens with zero attached hydrogens (tertiary/aromatic N) is 1. The van der Waals surface area contributed by atoms with Crippen molar-refractivity contribution >= 4 is 5.97 Å². The van der Waals surface area contributed by atoms with Gasteiger partial charge in [-0.1, -0.05) is 12.1 Å². The average molecular weight is 245 g/mol. The van der Waals surface area contributed by atoms with Crippen LogP contribution < -0.4 is 4.74 Å². The highest BCUT2D eigenvalue weighted by Crippen LogP contribution is 2.22. The van der Waals surface area contributed by atoms with Gasteiger partial charge in [0.2, 0.25) is 0 Å². The van der Waals surface area contributed by atoms with Crippen LogP contribution in [0.3, 0.4) is 0 Å². The van der Waals surface area contributed by atoms with Gasteiger partial charge in [-0.05, 0) is 36.8 Å². The number of hydrogen-bond donors (Lipinski definition) is 1. The van der Waals surface area contributed by atoms with E-state index in [4.69, 9.17) is 9.84 Å². The van der Waals surface area contributed by atoms with Crippen LogP contribution in [0.5, 0.6) is 5.75 Å². The molecule has 0 saturated heterocycles. The van der Waals surface area contributed by atoms with Crippen molar-refractivity contribution in [2.24, 2.45) is 0 Å². The molecule has 0 fully saturated rings. The van der Waals surface area contributed by atoms with Gasteiger partial charge in [-0.3, -0.25) is 0 Å². The second-order valence-corrected chi connectivity index (χ2v) is 4.05. The molecule has 2 aromatic rings. The first kappa shape index (κ1) is 12.2. The van der Waals surface area contributed by atoms with Crippen molar-refractivity contribution in [3.63, 3.8) is 0 Å². The highest BCUT2D eigenvalue weighted by molar-refractivity contribution is 5.85. The molecule has 1 aromatic carbocycles. The predicted octanol–water partition coefficient (Wildman–Crippen LogP) is 2.80. The van der Waals surface area contributed by atoms with Crippen LogP contribution in [0.15, 0.2) is 42.6 Å². The van der Waals surface area contributed by atoms with Crippen molar-refractivity contribution in [3.8, 4) is 5.75 Å². The Bertz CT molecular complexity index is 542. The lowest BCUT2D eigenvalue weighted by atomic mass is 10.1. The molecule has 0 aliphatic rings. The van der Waals surface area contributed by atoms with E-state index in [2.05, 4.69) is 0 Å². The van der Waals surface area contributed by atoms with Gasteiger partial charge in [0.25, 0.3) is 0 Å². The Kier molecular flexibility index (Phi) is 3.37. The zero-order valence-electron chi connectivity index (χ0n) is 10.3. The summed E-state index contributed by atoms with van der Waals surface area (Å²) in [6.07, 6.45) is 1.78. The quantitative estimate of drug-likeness (QED) is 0.901. The Morgan fingerprint density at radius 3 is 2.50 bits per heavy atom. The van der Waals surface area contributed by atoms with Crippen molar-refractivity contribution in [1.82, 2.24) is 4.57 Å². The number of aromatic carboxylic acids is 1. The smallest absolute Gasteiger partial charge is 0.352 e. The molecule has 0 amide bonds. The third-order valence-corrected chi connectivity index (χ3v) is 3.01. The molecule has 18 heavy (non-hydrogen) atoms. The summed E-state index contributed by atoms with van der Waals surface area (Å²) in [6, 6.07) is 10.9. The fourth-order valence-corrected chi connectivity index (χ4v) is 1.96. The summed E-state index contributed by atoms with van der Waals surface area (Å²) in [4.78, 5) is 11.1. The third-order valence-electron chi connectivity index (χ3n) is 3.01. The van der Waals surface area contributed by atoms with Crippen LogP contribution in [-0.4, -0.2) is 22.8 Å². The molecule has 1 heterocycles. The molecule has 1 atom stereocenters. The van der Waals surface area contributed by atoms with Gasteiger partial charge in [0, 0.05) is 6.20 Å². The Morgan fingerprint density at radius 2 is 1.94 bits per heavy atom. The standard InChI is InChI=1S/C14H15NO3/c1-10(11-5-7-12(18-2)8-6-11)15-9-3-4-13(15)14(16)17/h3-10H,1-2H3,(H,16,17). The normalized spacial score (nSPS) is 12.1. The van der Waals surface area contributed by atoms with Gasteiger partial charge in [-0.25, -0.2) is 4.79 Å². The SMILES string of the molecule is COc1ccc(C(C)n2cccc2C(=O)O)cc1. The monoisotopic (exact) mass is 245 g/mol. The maximum Gasteiger partial charge on any atom is 0.352 e. The molecule has 4 heteroatoms. The van der Waals surface area contributed by atoms with Gasteiger partial charge >= 0.3 is 5.97 Å². The highest BCUT2D eigenvalue weighted by Gasteiger charge is 2.14. The molecule has 1 N–H and O–H groups in total. The van der Waals surface area contributed by atoms with E-state index in [0.29, 0.717) is 5.69 Å². The Labute approximate surface area is 105 Å². The summed E-state index contributed by atoms with van der Waals surface area (Å²) in [5, 5.41) is 9.09. The summed E-state index contributed by atoms with van der Waals surface area (Å²) in [5.74, 6) is -0.128. The number of carbonyl (C=O) groups is 1. The maximum absolute atomic E-state index is 11.1. The lowest BCUT2D eigenvalue weighted by molar-refractivity contribution is 0.0684. The van der Waals surface area contributed by atoms with E-state index in [1.165, 1.54) is 0 Å². The van der Waals surface area contributed by atoms with Crippen molar-refractivity contribution in [2.75, 3.05) is 7.11 Å². The van der Waals surface area contributed by atoms with Crippen LogP contribution in [0, 0.1) is 0 Å². The molecule has 0 spiro atoms. The molecule has 0 saturated carbocycles. The molecule has 0 radical (unpaired) electrons. The number of ether oxygens (including phenoxy) is 1. The third kappa shape index (κ3) is 2.22. The molecule has 94 valence electrons. The summed E-state index contributed by atoms with van der Waals surface area (Å²) in [5.41, 5.74) is 1.33. The number of rotatable bonds is 4. The van der Waals surface area contributed by atoms with Crippen molar-refractivity contribution in [1.29, 1.82) is 0 Å². The Morgan fingerprint density at radius 1 is 1.28 bits per heavy atom. The van der Waals surface area contributed by atoms with Crippen molar-refractivity contribution < 1.29 is 14.6 Å². The molecule has 0 aliphatic heterocycles. The Balaban J connectivity index is 2.32. The summed E-state index contributed by atoms with van der Waals surface area (Å²) < 4.78 is 6.84. The molecule has 0 aliphatic carbocycles.